The van der Waals surface area contributed by atoms with Gasteiger partial charge in [0.05, 0.1) is 6.54 Å². The largest absolute Gasteiger partial charge is 0.357 e. The van der Waals surface area contributed by atoms with Gasteiger partial charge in [-0.1, -0.05) is 13.3 Å². The van der Waals surface area contributed by atoms with E-state index in [1.165, 1.54) is 24.8 Å². The minimum atomic E-state index is -0.703. The zero-order valence-electron chi connectivity index (χ0n) is 18.0. The van der Waals surface area contributed by atoms with Gasteiger partial charge in [-0.3, -0.25) is 4.21 Å². The molecule has 1 aliphatic heterocycles. The molecule has 0 bridgehead atoms. The van der Waals surface area contributed by atoms with Gasteiger partial charge >= 0.3 is 0 Å². The predicted molar refractivity (Wildman–Crippen MR) is 123 cm³/mol. The summed E-state index contributed by atoms with van der Waals surface area (Å²) in [7, 11) is -0.703. The Morgan fingerprint density at radius 1 is 1.24 bits per heavy atom. The van der Waals surface area contributed by atoms with Gasteiger partial charge in [0, 0.05) is 53.7 Å². The van der Waals surface area contributed by atoms with Crippen LogP contribution in [0.1, 0.15) is 64.4 Å². The molecule has 3 unspecified atom stereocenters. The van der Waals surface area contributed by atoms with Crippen molar-refractivity contribution in [2.24, 2.45) is 4.99 Å². The van der Waals surface area contributed by atoms with Crippen molar-refractivity contribution < 1.29 is 4.21 Å². The Bertz CT molecular complexity index is 690. The first-order valence-electron chi connectivity index (χ1n) is 11.3. The maximum atomic E-state index is 12.2. The van der Waals surface area contributed by atoms with E-state index < -0.39 is 10.8 Å². The Hall–Kier alpha value is -1.63. The molecule has 0 amide bonds. The van der Waals surface area contributed by atoms with Crippen molar-refractivity contribution in [3.8, 4) is 0 Å². The van der Waals surface area contributed by atoms with Crippen molar-refractivity contribution in [1.29, 1.82) is 0 Å². The van der Waals surface area contributed by atoms with E-state index in [0.717, 1.165) is 62.8 Å². The summed E-state index contributed by atoms with van der Waals surface area (Å²) < 4.78 is 12.2. The van der Waals surface area contributed by atoms with Gasteiger partial charge in [0.2, 0.25) is 0 Å². The number of nitrogens with zero attached hydrogens (tertiary/aromatic N) is 3. The minimum absolute atomic E-state index is 0.321. The van der Waals surface area contributed by atoms with E-state index in [1.807, 2.05) is 13.1 Å². The second-order valence-corrected chi connectivity index (χ2v) is 10.1. The fourth-order valence-corrected chi connectivity index (χ4v) is 5.64. The minimum Gasteiger partial charge on any atom is -0.357 e. The molecular formula is C22H37N5OS. The number of aliphatic imine (C=N–C) groups is 1. The summed E-state index contributed by atoms with van der Waals surface area (Å²) in [6, 6.07) is 4.59. The van der Waals surface area contributed by atoms with Crippen molar-refractivity contribution in [2.75, 3.05) is 30.3 Å². The summed E-state index contributed by atoms with van der Waals surface area (Å²) in [5, 5.41) is 7.29. The van der Waals surface area contributed by atoms with E-state index in [9.17, 15) is 4.21 Å². The van der Waals surface area contributed by atoms with Crippen LogP contribution in [0.3, 0.4) is 0 Å². The van der Waals surface area contributed by atoms with Crippen LogP contribution in [-0.4, -0.2) is 51.8 Å². The zero-order chi connectivity index (χ0) is 20.5. The second-order valence-electron chi connectivity index (χ2n) is 8.06. The number of rotatable bonds is 7. The van der Waals surface area contributed by atoms with Gasteiger partial charge in [0.25, 0.3) is 0 Å². The molecule has 1 saturated heterocycles. The molecule has 1 saturated carbocycles. The van der Waals surface area contributed by atoms with Crippen LogP contribution in [0.15, 0.2) is 23.3 Å². The van der Waals surface area contributed by atoms with Crippen molar-refractivity contribution in [1.82, 2.24) is 15.6 Å². The normalized spacial score (nSPS) is 24.2. The maximum Gasteiger partial charge on any atom is 0.191 e. The molecule has 1 aromatic heterocycles. The molecule has 3 rings (SSSR count). The lowest BCUT2D eigenvalue weighted by atomic mass is 9.95. The zero-order valence-corrected chi connectivity index (χ0v) is 18.8. The van der Waals surface area contributed by atoms with E-state index in [2.05, 4.69) is 39.6 Å². The van der Waals surface area contributed by atoms with Gasteiger partial charge in [0.15, 0.2) is 5.96 Å². The van der Waals surface area contributed by atoms with Crippen LogP contribution in [0.5, 0.6) is 0 Å². The SMILES string of the molecule is CCNC(=NCc1ccnc(N2CCCCC2)c1)NC1CCCC(S(=O)CC)C1. The van der Waals surface area contributed by atoms with Gasteiger partial charge in [-0.15, -0.1) is 0 Å². The molecule has 0 aromatic carbocycles. The average Bonchev–Trinajstić information content (AvgIpc) is 2.78. The standard InChI is InChI=1S/C22H37N5OS/c1-3-23-22(26-19-9-8-10-20(16-19)29(28)4-2)25-17-18-11-12-24-21(15-18)27-13-6-5-7-14-27/h11-12,15,19-20H,3-10,13-14,16-17H2,1-2H3,(H2,23,25,26). The number of aromatic nitrogens is 1. The summed E-state index contributed by atoms with van der Waals surface area (Å²) in [6.45, 7) is 7.78. The number of nitrogens with one attached hydrogen (secondary N) is 2. The van der Waals surface area contributed by atoms with E-state index in [4.69, 9.17) is 4.99 Å². The molecule has 2 aliphatic rings. The molecule has 0 radical (unpaired) electrons. The number of hydrogen-bond donors (Lipinski definition) is 2. The molecule has 6 nitrogen and oxygen atoms in total. The van der Waals surface area contributed by atoms with Gasteiger partial charge in [-0.25, -0.2) is 9.98 Å². The summed E-state index contributed by atoms with van der Waals surface area (Å²) in [5.41, 5.74) is 1.19. The van der Waals surface area contributed by atoms with Crippen LogP contribution in [0, 0.1) is 0 Å². The first-order chi connectivity index (χ1) is 14.2. The summed E-state index contributed by atoms with van der Waals surface area (Å²) in [5.74, 6) is 2.69. The first-order valence-corrected chi connectivity index (χ1v) is 12.7. The lowest BCUT2D eigenvalue weighted by Crippen LogP contribution is -2.46. The number of pyridine rings is 1. The third-order valence-corrected chi connectivity index (χ3v) is 7.62. The topological polar surface area (TPSA) is 69.6 Å². The van der Waals surface area contributed by atoms with Gasteiger partial charge in [-0.05, 0) is 63.1 Å². The lowest BCUT2D eigenvalue weighted by Gasteiger charge is -2.30. The first kappa shape index (κ1) is 22.1. The fourth-order valence-electron chi connectivity index (χ4n) is 4.29. The Morgan fingerprint density at radius 3 is 2.83 bits per heavy atom. The highest BCUT2D eigenvalue weighted by Crippen LogP contribution is 2.23. The second kappa shape index (κ2) is 11.5. The van der Waals surface area contributed by atoms with Crippen LogP contribution in [0.4, 0.5) is 5.82 Å². The molecule has 29 heavy (non-hydrogen) atoms. The smallest absolute Gasteiger partial charge is 0.191 e. The maximum absolute atomic E-state index is 12.2. The number of hydrogen-bond acceptors (Lipinski definition) is 4. The van der Waals surface area contributed by atoms with Crippen LogP contribution < -0.4 is 15.5 Å². The van der Waals surface area contributed by atoms with E-state index >= 15 is 0 Å². The van der Waals surface area contributed by atoms with Crippen molar-refractivity contribution in [3.63, 3.8) is 0 Å². The Labute approximate surface area is 178 Å². The lowest BCUT2D eigenvalue weighted by molar-refractivity contribution is 0.413. The molecule has 7 heteroatoms. The van der Waals surface area contributed by atoms with Crippen LogP contribution in [-0.2, 0) is 17.3 Å². The van der Waals surface area contributed by atoms with Crippen molar-refractivity contribution >= 4 is 22.6 Å². The van der Waals surface area contributed by atoms with Gasteiger partial charge < -0.3 is 15.5 Å². The third-order valence-electron chi connectivity index (χ3n) is 5.88. The van der Waals surface area contributed by atoms with Crippen LogP contribution >= 0.6 is 0 Å². The van der Waals surface area contributed by atoms with E-state index in [0.29, 0.717) is 17.8 Å². The number of guanidine groups is 1. The van der Waals surface area contributed by atoms with Crippen LogP contribution in [0.2, 0.25) is 0 Å². The van der Waals surface area contributed by atoms with Crippen LogP contribution in [0.25, 0.3) is 0 Å². The predicted octanol–water partition coefficient (Wildman–Crippen LogP) is 3.21. The monoisotopic (exact) mass is 419 g/mol. The van der Waals surface area contributed by atoms with Gasteiger partial charge in [0.1, 0.15) is 5.82 Å². The third kappa shape index (κ3) is 6.69. The number of anilines is 1. The molecule has 2 heterocycles. The average molecular weight is 420 g/mol. The molecule has 1 aromatic rings. The Kier molecular flexibility index (Phi) is 8.77. The molecule has 3 atom stereocenters. The Balaban J connectivity index is 1.61. The number of piperidine rings is 1. The molecule has 162 valence electrons. The molecule has 2 fully saturated rings. The summed E-state index contributed by atoms with van der Waals surface area (Å²) >= 11 is 0. The van der Waals surface area contributed by atoms with E-state index in [-0.39, 0.29) is 0 Å². The molecule has 2 N–H and O–H groups in total. The fraction of sp³-hybridized carbons (Fsp3) is 0.727. The van der Waals surface area contributed by atoms with Gasteiger partial charge in [-0.2, -0.15) is 0 Å². The van der Waals surface area contributed by atoms with E-state index in [1.54, 1.807) is 0 Å². The molecular weight excluding hydrogens is 382 g/mol. The van der Waals surface area contributed by atoms with Crippen molar-refractivity contribution in [2.45, 2.75) is 76.6 Å². The highest BCUT2D eigenvalue weighted by Gasteiger charge is 2.26. The highest BCUT2D eigenvalue weighted by molar-refractivity contribution is 7.85. The summed E-state index contributed by atoms with van der Waals surface area (Å²) in [4.78, 5) is 11.8. The quantitative estimate of drug-likeness (QED) is 0.525. The molecule has 1 aliphatic carbocycles. The Morgan fingerprint density at radius 2 is 2.07 bits per heavy atom. The summed E-state index contributed by atoms with van der Waals surface area (Å²) in [6.07, 6.45) is 10.1. The molecule has 0 spiro atoms. The van der Waals surface area contributed by atoms with Crippen molar-refractivity contribution in [3.05, 3.63) is 23.9 Å². The highest BCUT2D eigenvalue weighted by atomic mass is 32.2.